The molecular formula is C34H49N3O6. The van der Waals surface area contributed by atoms with Crippen LogP contribution in [0.25, 0.3) is 0 Å². The number of aromatic hydroxyl groups is 1. The van der Waals surface area contributed by atoms with E-state index in [2.05, 4.69) is 29.4 Å². The van der Waals surface area contributed by atoms with E-state index >= 15 is 0 Å². The van der Waals surface area contributed by atoms with Gasteiger partial charge in [0.25, 0.3) is 5.91 Å². The summed E-state index contributed by atoms with van der Waals surface area (Å²) in [6, 6.07) is 15.6. The van der Waals surface area contributed by atoms with Gasteiger partial charge < -0.3 is 34.4 Å². The van der Waals surface area contributed by atoms with Gasteiger partial charge in [0.1, 0.15) is 5.75 Å². The summed E-state index contributed by atoms with van der Waals surface area (Å²) in [6.45, 7) is 3.11. The molecule has 0 atom stereocenters. The monoisotopic (exact) mass is 595 g/mol. The third-order valence-corrected chi connectivity index (χ3v) is 9.14. The number of ether oxygens (including phenoxy) is 3. The van der Waals surface area contributed by atoms with Crippen molar-refractivity contribution in [1.29, 1.82) is 0 Å². The summed E-state index contributed by atoms with van der Waals surface area (Å²) in [6.07, 6.45) is 6.99. The van der Waals surface area contributed by atoms with Gasteiger partial charge in [-0.25, -0.2) is 0 Å². The Morgan fingerprint density at radius 3 is 2.40 bits per heavy atom. The summed E-state index contributed by atoms with van der Waals surface area (Å²) in [4.78, 5) is 30.4. The molecule has 43 heavy (non-hydrogen) atoms. The number of carbonyl (C=O) groups is 2. The fourth-order valence-electron chi connectivity index (χ4n) is 6.53. The van der Waals surface area contributed by atoms with Crippen molar-refractivity contribution in [3.63, 3.8) is 0 Å². The molecule has 9 nitrogen and oxygen atoms in total. The molecule has 1 heterocycles. The van der Waals surface area contributed by atoms with Crippen molar-refractivity contribution in [2.24, 2.45) is 0 Å². The topological polar surface area (TPSA) is 101 Å². The standard InChI is InChI=1S/C34H49N3O6/c1-36-20-17-34(18-21-36,27-10-6-4-7-11-27)29-24-26(14-15-30(29)38)33(40)35-19-23-43-22-16-31(39)37(25-32(41-2)42-3)28-12-8-5-9-13-28/h4,6-7,10-11,14-15,24,28,32,38H,5,8-9,12-13,16-23,25H2,1-3H3,(H,35,40). The first-order valence-electron chi connectivity index (χ1n) is 15.7. The number of phenolic OH excluding ortho intramolecular Hbond substituents is 1. The van der Waals surface area contributed by atoms with Crippen LogP contribution in [0.4, 0.5) is 0 Å². The van der Waals surface area contributed by atoms with Crippen LogP contribution in [-0.2, 0) is 24.4 Å². The average molecular weight is 596 g/mol. The van der Waals surface area contributed by atoms with Crippen molar-refractivity contribution >= 4 is 11.8 Å². The zero-order chi connectivity index (χ0) is 30.7. The van der Waals surface area contributed by atoms with E-state index in [-0.39, 0.29) is 42.0 Å². The van der Waals surface area contributed by atoms with Gasteiger partial charge in [0.05, 0.1) is 26.2 Å². The van der Waals surface area contributed by atoms with Crippen molar-refractivity contribution in [3.05, 3.63) is 65.2 Å². The second-order valence-corrected chi connectivity index (χ2v) is 11.8. The highest BCUT2D eigenvalue weighted by Crippen LogP contribution is 2.45. The Morgan fingerprint density at radius 2 is 1.72 bits per heavy atom. The Balaban J connectivity index is 1.30. The highest BCUT2D eigenvalue weighted by molar-refractivity contribution is 5.94. The first kappa shape index (κ1) is 32.9. The third-order valence-electron chi connectivity index (χ3n) is 9.14. The number of methoxy groups -OCH3 is 2. The number of rotatable bonds is 14. The number of phenols is 1. The number of amides is 2. The fourth-order valence-corrected chi connectivity index (χ4v) is 6.53. The van der Waals surface area contributed by atoms with Crippen LogP contribution in [-0.4, -0.2) is 99.7 Å². The molecule has 0 unspecified atom stereocenters. The van der Waals surface area contributed by atoms with Crippen molar-refractivity contribution in [2.75, 3.05) is 60.7 Å². The van der Waals surface area contributed by atoms with E-state index in [0.717, 1.165) is 62.7 Å². The Kier molecular flexibility index (Phi) is 12.4. The maximum absolute atomic E-state index is 13.1. The summed E-state index contributed by atoms with van der Waals surface area (Å²) < 4.78 is 16.5. The minimum atomic E-state index is -0.454. The number of hydrogen-bond acceptors (Lipinski definition) is 7. The average Bonchev–Trinajstić information content (AvgIpc) is 3.04. The molecule has 2 N–H and O–H groups in total. The van der Waals surface area contributed by atoms with Crippen LogP contribution in [0.3, 0.4) is 0 Å². The number of piperidine rings is 1. The molecular weight excluding hydrogens is 546 g/mol. The maximum Gasteiger partial charge on any atom is 0.251 e. The van der Waals surface area contributed by atoms with Gasteiger partial charge in [0.2, 0.25) is 5.91 Å². The Morgan fingerprint density at radius 1 is 1.02 bits per heavy atom. The lowest BCUT2D eigenvalue weighted by Gasteiger charge is -2.42. The number of benzene rings is 2. The number of nitrogens with zero attached hydrogens (tertiary/aromatic N) is 2. The molecule has 1 saturated heterocycles. The van der Waals surface area contributed by atoms with Gasteiger partial charge in [-0.05, 0) is 69.6 Å². The Bertz CT molecular complexity index is 1160. The number of carbonyl (C=O) groups excluding carboxylic acids is 2. The zero-order valence-electron chi connectivity index (χ0n) is 26.1. The molecule has 1 saturated carbocycles. The van der Waals surface area contributed by atoms with Crippen molar-refractivity contribution in [1.82, 2.24) is 15.1 Å². The zero-order valence-corrected chi connectivity index (χ0v) is 26.1. The number of hydrogen-bond donors (Lipinski definition) is 2. The molecule has 4 rings (SSSR count). The molecule has 1 aliphatic heterocycles. The van der Waals surface area contributed by atoms with E-state index in [1.807, 2.05) is 29.2 Å². The van der Waals surface area contributed by atoms with E-state index in [1.165, 1.54) is 6.42 Å². The minimum Gasteiger partial charge on any atom is -0.508 e. The molecule has 2 aromatic carbocycles. The second kappa shape index (κ2) is 16.2. The Labute approximate surface area is 256 Å². The van der Waals surface area contributed by atoms with Crippen LogP contribution < -0.4 is 5.32 Å². The number of likely N-dealkylation sites (tertiary alicyclic amines) is 1. The smallest absolute Gasteiger partial charge is 0.251 e. The molecule has 0 aromatic heterocycles. The summed E-state index contributed by atoms with van der Waals surface area (Å²) in [5.41, 5.74) is 2.09. The molecule has 236 valence electrons. The highest BCUT2D eigenvalue weighted by Gasteiger charge is 2.39. The predicted molar refractivity (Wildman–Crippen MR) is 166 cm³/mol. The van der Waals surface area contributed by atoms with E-state index in [0.29, 0.717) is 25.3 Å². The molecule has 2 fully saturated rings. The van der Waals surface area contributed by atoms with Crippen LogP contribution in [0, 0.1) is 0 Å². The van der Waals surface area contributed by atoms with Gasteiger partial charge in [-0.1, -0.05) is 49.6 Å². The lowest BCUT2D eigenvalue weighted by molar-refractivity contribution is -0.151. The third kappa shape index (κ3) is 8.56. The van der Waals surface area contributed by atoms with Crippen molar-refractivity contribution < 1.29 is 28.9 Å². The van der Waals surface area contributed by atoms with E-state index in [1.54, 1.807) is 26.4 Å². The van der Waals surface area contributed by atoms with Crippen molar-refractivity contribution in [3.8, 4) is 5.75 Å². The lowest BCUT2D eigenvalue weighted by Crippen LogP contribution is -2.46. The fraction of sp³-hybridized carbons (Fsp3) is 0.588. The van der Waals surface area contributed by atoms with Crippen LogP contribution in [0.2, 0.25) is 0 Å². The lowest BCUT2D eigenvalue weighted by atomic mass is 9.67. The molecule has 0 radical (unpaired) electrons. The van der Waals surface area contributed by atoms with Gasteiger partial charge in [-0.3, -0.25) is 9.59 Å². The first-order chi connectivity index (χ1) is 20.9. The van der Waals surface area contributed by atoms with Crippen LogP contribution in [0.1, 0.15) is 72.9 Å². The van der Waals surface area contributed by atoms with Gasteiger partial charge in [0.15, 0.2) is 6.29 Å². The molecule has 2 aliphatic rings. The molecule has 9 heteroatoms. The molecule has 1 aliphatic carbocycles. The summed E-state index contributed by atoms with van der Waals surface area (Å²) in [5, 5.41) is 13.9. The van der Waals surface area contributed by atoms with E-state index < -0.39 is 6.29 Å². The predicted octanol–water partition coefficient (Wildman–Crippen LogP) is 4.32. The van der Waals surface area contributed by atoms with Crippen LogP contribution in [0.15, 0.2) is 48.5 Å². The van der Waals surface area contributed by atoms with E-state index in [9.17, 15) is 14.7 Å². The molecule has 2 amide bonds. The molecule has 0 spiro atoms. The van der Waals surface area contributed by atoms with Gasteiger partial charge in [0, 0.05) is 43.3 Å². The van der Waals surface area contributed by atoms with Gasteiger partial charge >= 0.3 is 0 Å². The normalized spacial score (nSPS) is 17.6. The Hall–Kier alpha value is -2.98. The minimum absolute atomic E-state index is 0.0351. The van der Waals surface area contributed by atoms with Gasteiger partial charge in [-0.15, -0.1) is 0 Å². The van der Waals surface area contributed by atoms with Crippen molar-refractivity contribution in [2.45, 2.75) is 69.1 Å². The van der Waals surface area contributed by atoms with Crippen LogP contribution >= 0.6 is 0 Å². The first-order valence-corrected chi connectivity index (χ1v) is 15.7. The summed E-state index contributed by atoms with van der Waals surface area (Å²) >= 11 is 0. The quantitative estimate of drug-likeness (QED) is 0.248. The SMILES string of the molecule is COC(CN(C(=O)CCOCCNC(=O)c1ccc(O)c(C2(c3ccccc3)CCN(C)CC2)c1)C1CCCCC1)OC. The summed E-state index contributed by atoms with van der Waals surface area (Å²) in [7, 11) is 5.29. The van der Waals surface area contributed by atoms with E-state index in [4.69, 9.17) is 14.2 Å². The maximum atomic E-state index is 13.1. The largest absolute Gasteiger partial charge is 0.508 e. The van der Waals surface area contributed by atoms with Gasteiger partial charge in [-0.2, -0.15) is 0 Å². The second-order valence-electron chi connectivity index (χ2n) is 11.8. The highest BCUT2D eigenvalue weighted by atomic mass is 16.7. The number of nitrogens with one attached hydrogen (secondary N) is 1. The van der Waals surface area contributed by atoms with Crippen LogP contribution in [0.5, 0.6) is 5.75 Å². The molecule has 2 aromatic rings. The summed E-state index contributed by atoms with van der Waals surface area (Å²) in [5.74, 6) is 0.0289. The molecule has 0 bridgehead atoms.